The Morgan fingerprint density at radius 1 is 1.09 bits per heavy atom. The van der Waals surface area contributed by atoms with Gasteiger partial charge in [0.05, 0.1) is 41.6 Å². The van der Waals surface area contributed by atoms with Crippen LogP contribution < -0.4 is 26.2 Å². The average Bonchev–Trinajstić information content (AvgIpc) is 3.91. The number of pyridine rings is 2. The smallest absolute Gasteiger partial charge is 0.318 e. The Hall–Kier alpha value is -5.18. The molecule has 5 heterocycles. The number of aliphatic hydroxyl groups is 1. The molecule has 0 bridgehead atoms. The number of ether oxygens (including phenoxy) is 1. The number of fused-ring (bicyclic) bond motifs is 2. The summed E-state index contributed by atoms with van der Waals surface area (Å²) in [5.74, 6) is 0.668. The lowest BCUT2D eigenvalue weighted by Gasteiger charge is -2.20. The molecule has 15 heteroatoms. The molecule has 2 aromatic carbocycles. The lowest BCUT2D eigenvalue weighted by Crippen LogP contribution is -2.45. The lowest BCUT2D eigenvalue weighted by molar-refractivity contribution is 0.146. The maximum Gasteiger partial charge on any atom is 0.318 e. The predicted molar refractivity (Wildman–Crippen MR) is 204 cm³/mol. The summed E-state index contributed by atoms with van der Waals surface area (Å²) in [6, 6.07) is 14.6. The number of nitrogens with zero attached hydrogens (tertiary/aromatic N) is 5. The van der Waals surface area contributed by atoms with Crippen molar-refractivity contribution in [3.63, 3.8) is 0 Å². The van der Waals surface area contributed by atoms with Crippen LogP contribution in [0.15, 0.2) is 59.5 Å². The largest absolute Gasteiger partial charge is 0.481 e. The minimum atomic E-state index is -2.82. The minimum Gasteiger partial charge on any atom is -0.481 e. The van der Waals surface area contributed by atoms with Crippen molar-refractivity contribution < 1.29 is 23.4 Å². The third-order valence-electron chi connectivity index (χ3n) is 10.3. The topological polar surface area (TPSA) is 147 Å². The van der Waals surface area contributed by atoms with Crippen LogP contribution in [0.2, 0.25) is 5.02 Å². The molecule has 4 N–H and O–H groups in total. The zero-order valence-corrected chi connectivity index (χ0v) is 30.9. The van der Waals surface area contributed by atoms with Gasteiger partial charge in [-0.25, -0.2) is 28.2 Å². The van der Waals surface area contributed by atoms with Gasteiger partial charge in [-0.05, 0) is 74.0 Å². The van der Waals surface area contributed by atoms with Gasteiger partial charge in [-0.2, -0.15) is 5.10 Å². The maximum absolute atomic E-state index is 13.7. The number of anilines is 2. The molecule has 2 aliphatic heterocycles. The number of benzene rings is 2. The van der Waals surface area contributed by atoms with Crippen molar-refractivity contribution in [2.45, 2.75) is 44.6 Å². The SMILES string of the molecule is COc1nc(-c2cccc(-c3cccc(Nc4nc(C(F)F)cc5cnn(C)c(=O)c45)c3C)c2Cl)cc2c1CCC2.O=C1NC2(CCNC2)CN1CCO. The molecule has 2 fully saturated rings. The first-order valence-electron chi connectivity index (χ1n) is 17.8. The number of alkyl halides is 2. The van der Waals surface area contributed by atoms with Crippen LogP contribution in [-0.4, -0.2) is 81.2 Å². The molecular weight excluding hydrogens is 718 g/mol. The predicted octanol–water partition coefficient (Wildman–Crippen LogP) is 5.93. The first-order valence-corrected chi connectivity index (χ1v) is 18.2. The van der Waals surface area contributed by atoms with E-state index in [1.54, 1.807) is 18.1 Å². The number of aryl methyl sites for hydroxylation is 2. The summed E-state index contributed by atoms with van der Waals surface area (Å²) in [5, 5.41) is 23.1. The number of aliphatic hydroxyl groups excluding tert-OH is 1. The van der Waals surface area contributed by atoms with Gasteiger partial charge in [0.2, 0.25) is 5.88 Å². The molecule has 1 atom stereocenters. The van der Waals surface area contributed by atoms with Crippen LogP contribution in [0.4, 0.5) is 25.1 Å². The van der Waals surface area contributed by atoms with Crippen LogP contribution >= 0.6 is 11.6 Å². The number of rotatable bonds is 8. The normalized spacial score (nSPS) is 17.6. The van der Waals surface area contributed by atoms with Crippen LogP contribution in [0, 0.1) is 6.92 Å². The van der Waals surface area contributed by atoms with E-state index >= 15 is 0 Å². The summed E-state index contributed by atoms with van der Waals surface area (Å²) in [5.41, 5.74) is 5.96. The Bertz CT molecular complexity index is 2300. The standard InChI is InChI=1S/C31H26ClF2N5O2.C8H15N3O2/c1-16-19(21-10-5-11-22(27(21)32)24-13-17-7-4-9-20(17)30(38-24)41-3)8-6-12-23(16)36-29-26-18(14-25(37-29)28(33)34)15-35-39(2)31(26)40;12-4-3-11-6-8(10-7(11)13)1-2-9-5-8/h5-6,8,10-15,28H,4,7,9H2,1-3H3,(H,36,37);9,12H,1-6H2,(H,10,13). The number of hydrogen-bond acceptors (Lipinski definition) is 9. The fourth-order valence-electron chi connectivity index (χ4n) is 7.53. The van der Waals surface area contributed by atoms with Crippen molar-refractivity contribution in [1.29, 1.82) is 0 Å². The molecule has 0 radical (unpaired) electrons. The van der Waals surface area contributed by atoms with E-state index in [1.807, 2.05) is 37.3 Å². The second kappa shape index (κ2) is 15.3. The van der Waals surface area contributed by atoms with Crippen molar-refractivity contribution in [2.24, 2.45) is 7.05 Å². The van der Waals surface area contributed by atoms with Crippen LogP contribution in [0.1, 0.15) is 41.7 Å². The van der Waals surface area contributed by atoms with Crippen LogP contribution in [0.3, 0.4) is 0 Å². The third kappa shape index (κ3) is 7.08. The molecule has 3 aliphatic rings. The number of carbonyl (C=O) groups excluding carboxylic acids is 1. The van der Waals surface area contributed by atoms with E-state index in [-0.39, 0.29) is 34.8 Å². The number of methoxy groups -OCH3 is 1. The second-order valence-corrected chi connectivity index (χ2v) is 14.2. The number of amides is 2. The van der Waals surface area contributed by atoms with Gasteiger partial charge in [0.25, 0.3) is 12.0 Å². The molecule has 12 nitrogen and oxygen atoms in total. The number of hydrogen-bond donors (Lipinski definition) is 4. The number of nitrogens with one attached hydrogen (secondary N) is 3. The fraction of sp³-hybridized carbons (Fsp3) is 0.359. The summed E-state index contributed by atoms with van der Waals surface area (Å²) < 4.78 is 34.1. The molecule has 2 amide bonds. The molecule has 3 aromatic heterocycles. The van der Waals surface area contributed by atoms with Crippen molar-refractivity contribution >= 4 is 39.9 Å². The maximum atomic E-state index is 13.7. The number of aromatic nitrogens is 4. The van der Waals surface area contributed by atoms with Crippen molar-refractivity contribution in [3.8, 4) is 28.3 Å². The van der Waals surface area contributed by atoms with E-state index in [0.29, 0.717) is 23.1 Å². The van der Waals surface area contributed by atoms with Crippen LogP contribution in [-0.2, 0) is 19.9 Å². The summed E-state index contributed by atoms with van der Waals surface area (Å²) in [7, 11) is 3.13. The first-order chi connectivity index (χ1) is 26.0. The zero-order chi connectivity index (χ0) is 38.1. The van der Waals surface area contributed by atoms with E-state index in [0.717, 1.165) is 83.5 Å². The van der Waals surface area contributed by atoms with Gasteiger partial charge in [-0.15, -0.1) is 0 Å². The molecule has 1 unspecified atom stereocenters. The third-order valence-corrected chi connectivity index (χ3v) is 10.7. The van der Waals surface area contributed by atoms with Crippen LogP contribution in [0.5, 0.6) is 5.88 Å². The van der Waals surface area contributed by atoms with Gasteiger partial charge in [-0.3, -0.25) is 4.79 Å². The van der Waals surface area contributed by atoms with Crippen molar-refractivity contribution in [1.82, 2.24) is 35.3 Å². The first kappa shape index (κ1) is 37.1. The molecule has 2 saturated heterocycles. The summed E-state index contributed by atoms with van der Waals surface area (Å²) in [6.45, 7) is 4.91. The Labute approximate surface area is 315 Å². The monoisotopic (exact) mass is 758 g/mol. The number of β-amino-alcohol motifs (C(OH)–C–C–N with tert-alkyl or cyclic N) is 1. The van der Waals surface area contributed by atoms with Crippen molar-refractivity contribution in [3.05, 3.63) is 92.5 Å². The van der Waals surface area contributed by atoms with Gasteiger partial charge in [0, 0.05) is 54.4 Å². The Balaban J connectivity index is 0.000000291. The van der Waals surface area contributed by atoms with E-state index in [4.69, 9.17) is 26.4 Å². The van der Waals surface area contributed by atoms with E-state index in [9.17, 15) is 18.4 Å². The van der Waals surface area contributed by atoms with E-state index < -0.39 is 17.7 Å². The van der Waals surface area contributed by atoms with Gasteiger partial charge in [-0.1, -0.05) is 41.9 Å². The van der Waals surface area contributed by atoms with E-state index in [2.05, 4.69) is 32.1 Å². The Kier molecular flexibility index (Phi) is 10.5. The average molecular weight is 759 g/mol. The highest BCUT2D eigenvalue weighted by Gasteiger charge is 2.43. The zero-order valence-electron chi connectivity index (χ0n) is 30.2. The van der Waals surface area contributed by atoms with Gasteiger partial charge >= 0.3 is 6.03 Å². The van der Waals surface area contributed by atoms with Gasteiger partial charge in [0.15, 0.2) is 0 Å². The molecule has 54 heavy (non-hydrogen) atoms. The molecule has 282 valence electrons. The minimum absolute atomic E-state index is 0.0373. The number of halogens is 3. The van der Waals surface area contributed by atoms with Gasteiger partial charge in [0.1, 0.15) is 11.5 Å². The summed E-state index contributed by atoms with van der Waals surface area (Å²) in [6.07, 6.45) is 2.54. The molecular formula is C39H41ClF2N8O4. The summed E-state index contributed by atoms with van der Waals surface area (Å²) in [4.78, 5) is 34.9. The molecule has 8 rings (SSSR count). The molecule has 1 aliphatic carbocycles. The fourth-order valence-corrected chi connectivity index (χ4v) is 7.85. The molecule has 0 saturated carbocycles. The van der Waals surface area contributed by atoms with Crippen LogP contribution in [0.25, 0.3) is 33.2 Å². The molecule has 5 aromatic rings. The lowest BCUT2D eigenvalue weighted by atomic mass is 9.96. The van der Waals surface area contributed by atoms with Gasteiger partial charge < -0.3 is 30.7 Å². The number of carbonyl (C=O) groups is 1. The Morgan fingerprint density at radius 2 is 1.87 bits per heavy atom. The van der Waals surface area contributed by atoms with E-state index in [1.165, 1.54) is 24.9 Å². The quantitative estimate of drug-likeness (QED) is 0.151. The summed E-state index contributed by atoms with van der Waals surface area (Å²) >= 11 is 7.03. The van der Waals surface area contributed by atoms with Crippen molar-refractivity contribution in [2.75, 3.05) is 45.2 Å². The second-order valence-electron chi connectivity index (χ2n) is 13.8. The highest BCUT2D eigenvalue weighted by molar-refractivity contribution is 6.36. The highest BCUT2D eigenvalue weighted by atomic mass is 35.5. The molecule has 1 spiro atoms. The highest BCUT2D eigenvalue weighted by Crippen LogP contribution is 2.41. The Morgan fingerprint density at radius 3 is 2.61 bits per heavy atom. The number of urea groups is 1.